The Labute approximate surface area is 122 Å². The number of nitrogens with two attached hydrogens (primary N) is 1. The highest BCUT2D eigenvalue weighted by molar-refractivity contribution is 5.91. The summed E-state index contributed by atoms with van der Waals surface area (Å²) in [5.41, 5.74) is 8.30. The van der Waals surface area contributed by atoms with E-state index in [0.717, 1.165) is 16.5 Å². The van der Waals surface area contributed by atoms with Gasteiger partial charge < -0.3 is 16.2 Å². The Balaban J connectivity index is 1.99. The standard InChI is InChI=1S/C16H16N4O/c17-12-6-7-14-13(8-12)16(19-10-18-14)20-15(9-21)11-4-2-1-3-5-11/h1-8,10,15,21H,9,17H2,(H,18,19,20). The summed E-state index contributed by atoms with van der Waals surface area (Å²) in [4.78, 5) is 8.49. The number of rotatable bonds is 4. The molecule has 4 N–H and O–H groups in total. The van der Waals surface area contributed by atoms with E-state index in [0.29, 0.717) is 11.5 Å². The number of hydrogen-bond acceptors (Lipinski definition) is 5. The summed E-state index contributed by atoms with van der Waals surface area (Å²) in [7, 11) is 0. The lowest BCUT2D eigenvalue weighted by atomic mass is 10.1. The highest BCUT2D eigenvalue weighted by Crippen LogP contribution is 2.25. The van der Waals surface area contributed by atoms with Gasteiger partial charge in [0.1, 0.15) is 12.1 Å². The first-order chi connectivity index (χ1) is 10.3. The Morgan fingerprint density at radius 3 is 2.67 bits per heavy atom. The number of nitrogens with zero attached hydrogens (tertiary/aromatic N) is 2. The average molecular weight is 280 g/mol. The van der Waals surface area contributed by atoms with E-state index in [1.54, 1.807) is 6.07 Å². The van der Waals surface area contributed by atoms with Gasteiger partial charge in [-0.3, -0.25) is 0 Å². The second-order valence-corrected chi connectivity index (χ2v) is 4.79. The molecule has 0 spiro atoms. The van der Waals surface area contributed by atoms with Crippen LogP contribution in [0.4, 0.5) is 11.5 Å². The molecule has 0 saturated carbocycles. The summed E-state index contributed by atoms with van der Waals surface area (Å²) >= 11 is 0. The molecule has 3 aromatic rings. The fourth-order valence-electron chi connectivity index (χ4n) is 2.27. The van der Waals surface area contributed by atoms with Crippen molar-refractivity contribution in [1.29, 1.82) is 0 Å². The topological polar surface area (TPSA) is 84.1 Å². The van der Waals surface area contributed by atoms with Crippen molar-refractivity contribution in [2.24, 2.45) is 0 Å². The van der Waals surface area contributed by atoms with E-state index in [1.165, 1.54) is 6.33 Å². The van der Waals surface area contributed by atoms with Crippen LogP contribution < -0.4 is 11.1 Å². The molecule has 1 heterocycles. The number of nitrogens with one attached hydrogen (secondary N) is 1. The SMILES string of the molecule is Nc1ccc2ncnc(NC(CO)c3ccccc3)c2c1. The predicted octanol–water partition coefficient (Wildman–Crippen LogP) is 2.36. The van der Waals surface area contributed by atoms with Crippen LogP contribution in [0.15, 0.2) is 54.9 Å². The van der Waals surface area contributed by atoms with Crippen LogP contribution >= 0.6 is 0 Å². The lowest BCUT2D eigenvalue weighted by molar-refractivity contribution is 0.276. The van der Waals surface area contributed by atoms with Crippen molar-refractivity contribution < 1.29 is 5.11 Å². The third-order valence-electron chi connectivity index (χ3n) is 3.35. The summed E-state index contributed by atoms with van der Waals surface area (Å²) in [6.07, 6.45) is 1.50. The van der Waals surface area contributed by atoms with Gasteiger partial charge in [-0.1, -0.05) is 30.3 Å². The number of aromatic nitrogens is 2. The van der Waals surface area contributed by atoms with Gasteiger partial charge in [-0.15, -0.1) is 0 Å². The Bertz CT molecular complexity index is 746. The minimum atomic E-state index is -0.231. The second-order valence-electron chi connectivity index (χ2n) is 4.79. The monoisotopic (exact) mass is 280 g/mol. The van der Waals surface area contributed by atoms with Crippen LogP contribution in [0.25, 0.3) is 10.9 Å². The molecule has 0 aliphatic rings. The van der Waals surface area contributed by atoms with Gasteiger partial charge in [0.25, 0.3) is 0 Å². The smallest absolute Gasteiger partial charge is 0.137 e. The number of aliphatic hydroxyl groups is 1. The molecule has 106 valence electrons. The van der Waals surface area contributed by atoms with Crippen molar-refractivity contribution in [2.75, 3.05) is 17.7 Å². The maximum atomic E-state index is 9.64. The van der Waals surface area contributed by atoms with Crippen LogP contribution in [-0.4, -0.2) is 21.7 Å². The third-order valence-corrected chi connectivity index (χ3v) is 3.35. The molecule has 0 saturated heterocycles. The molecule has 0 amide bonds. The summed E-state index contributed by atoms with van der Waals surface area (Å²) in [5.74, 6) is 0.662. The molecule has 5 heteroatoms. The molecule has 0 bridgehead atoms. The van der Waals surface area contributed by atoms with Crippen molar-refractivity contribution in [2.45, 2.75) is 6.04 Å². The van der Waals surface area contributed by atoms with Crippen molar-refractivity contribution in [1.82, 2.24) is 9.97 Å². The van der Waals surface area contributed by atoms with E-state index in [-0.39, 0.29) is 12.6 Å². The Morgan fingerprint density at radius 2 is 1.90 bits per heavy atom. The maximum absolute atomic E-state index is 9.64. The fourth-order valence-corrected chi connectivity index (χ4v) is 2.27. The second kappa shape index (κ2) is 5.76. The van der Waals surface area contributed by atoms with E-state index >= 15 is 0 Å². The van der Waals surface area contributed by atoms with Gasteiger partial charge in [0, 0.05) is 11.1 Å². The predicted molar refractivity (Wildman–Crippen MR) is 83.8 cm³/mol. The van der Waals surface area contributed by atoms with Crippen LogP contribution in [0.5, 0.6) is 0 Å². The minimum Gasteiger partial charge on any atom is -0.399 e. The van der Waals surface area contributed by atoms with E-state index in [2.05, 4.69) is 15.3 Å². The molecule has 0 aliphatic heterocycles. The molecule has 2 aromatic carbocycles. The van der Waals surface area contributed by atoms with Gasteiger partial charge in [0.05, 0.1) is 18.2 Å². The molecule has 0 radical (unpaired) electrons. The molecular formula is C16H16N4O. The summed E-state index contributed by atoms with van der Waals surface area (Å²) in [6.45, 7) is -0.0299. The normalized spacial score (nSPS) is 12.2. The minimum absolute atomic E-state index is 0.0299. The Morgan fingerprint density at radius 1 is 1.10 bits per heavy atom. The molecule has 0 fully saturated rings. The zero-order valence-corrected chi connectivity index (χ0v) is 11.4. The van der Waals surface area contributed by atoms with E-state index in [9.17, 15) is 5.11 Å². The molecule has 3 rings (SSSR count). The van der Waals surface area contributed by atoms with Crippen molar-refractivity contribution in [3.05, 3.63) is 60.4 Å². The highest BCUT2D eigenvalue weighted by Gasteiger charge is 2.12. The van der Waals surface area contributed by atoms with Crippen LogP contribution in [-0.2, 0) is 0 Å². The largest absolute Gasteiger partial charge is 0.399 e. The maximum Gasteiger partial charge on any atom is 0.137 e. The third kappa shape index (κ3) is 2.78. The van der Waals surface area contributed by atoms with Gasteiger partial charge in [0.15, 0.2) is 0 Å². The molecule has 21 heavy (non-hydrogen) atoms. The molecule has 0 aliphatic carbocycles. The van der Waals surface area contributed by atoms with Gasteiger partial charge in [0.2, 0.25) is 0 Å². The molecular weight excluding hydrogens is 264 g/mol. The number of hydrogen-bond donors (Lipinski definition) is 3. The highest BCUT2D eigenvalue weighted by atomic mass is 16.3. The lowest BCUT2D eigenvalue weighted by Gasteiger charge is -2.18. The Kier molecular flexibility index (Phi) is 3.66. The summed E-state index contributed by atoms with van der Waals surface area (Å²) in [6, 6.07) is 15.0. The first-order valence-electron chi connectivity index (χ1n) is 6.70. The number of fused-ring (bicyclic) bond motifs is 1. The van der Waals surface area contributed by atoms with E-state index < -0.39 is 0 Å². The molecule has 1 aromatic heterocycles. The lowest BCUT2D eigenvalue weighted by Crippen LogP contribution is -2.16. The first-order valence-corrected chi connectivity index (χ1v) is 6.70. The average Bonchev–Trinajstić information content (AvgIpc) is 2.53. The first kappa shape index (κ1) is 13.3. The van der Waals surface area contributed by atoms with Crippen molar-refractivity contribution >= 4 is 22.4 Å². The molecule has 5 nitrogen and oxygen atoms in total. The molecule has 1 atom stereocenters. The van der Waals surface area contributed by atoms with Gasteiger partial charge >= 0.3 is 0 Å². The molecule has 1 unspecified atom stereocenters. The zero-order chi connectivity index (χ0) is 14.7. The van der Waals surface area contributed by atoms with Gasteiger partial charge in [-0.05, 0) is 23.8 Å². The van der Waals surface area contributed by atoms with Crippen LogP contribution in [0, 0.1) is 0 Å². The van der Waals surface area contributed by atoms with Gasteiger partial charge in [-0.2, -0.15) is 0 Å². The van der Waals surface area contributed by atoms with Gasteiger partial charge in [-0.25, -0.2) is 9.97 Å². The van der Waals surface area contributed by atoms with Crippen LogP contribution in [0.3, 0.4) is 0 Å². The number of benzene rings is 2. The fraction of sp³-hybridized carbons (Fsp3) is 0.125. The van der Waals surface area contributed by atoms with E-state index in [4.69, 9.17) is 5.73 Å². The zero-order valence-electron chi connectivity index (χ0n) is 11.4. The van der Waals surface area contributed by atoms with Crippen molar-refractivity contribution in [3.63, 3.8) is 0 Å². The van der Waals surface area contributed by atoms with E-state index in [1.807, 2.05) is 42.5 Å². The van der Waals surface area contributed by atoms with Crippen molar-refractivity contribution in [3.8, 4) is 0 Å². The summed E-state index contributed by atoms with van der Waals surface area (Å²) in [5, 5.41) is 13.7. The number of nitrogen functional groups attached to an aromatic ring is 1. The summed E-state index contributed by atoms with van der Waals surface area (Å²) < 4.78 is 0. The van der Waals surface area contributed by atoms with Crippen LogP contribution in [0.1, 0.15) is 11.6 Å². The number of aliphatic hydroxyl groups excluding tert-OH is 1. The number of anilines is 2. The Hall–Kier alpha value is -2.66. The van der Waals surface area contributed by atoms with Crippen LogP contribution in [0.2, 0.25) is 0 Å². The quantitative estimate of drug-likeness (QED) is 0.639.